The van der Waals surface area contributed by atoms with Gasteiger partial charge in [0.25, 0.3) is 11.1 Å². The van der Waals surface area contributed by atoms with Crippen LogP contribution in [-0.2, 0) is 4.79 Å². The molecule has 0 unspecified atom stereocenters. The Morgan fingerprint density at radius 3 is 2.59 bits per heavy atom. The molecule has 9 heteroatoms. The number of benzene rings is 2. The van der Waals surface area contributed by atoms with Gasteiger partial charge in [-0.1, -0.05) is 11.8 Å². The average molecular weight is 410 g/mol. The summed E-state index contributed by atoms with van der Waals surface area (Å²) in [5.74, 6) is 1.25. The molecular formula is C20H18N4O4S. The number of nitrogens with one attached hydrogen (secondary N) is 1. The maximum absolute atomic E-state index is 12.4. The number of amides is 1. The molecule has 0 aliphatic heterocycles. The lowest BCUT2D eigenvalue weighted by molar-refractivity contribution is -0.115. The second-order valence-corrected chi connectivity index (χ2v) is 7.17. The fourth-order valence-electron chi connectivity index (χ4n) is 2.42. The minimum Gasteiger partial charge on any atom is -0.497 e. The van der Waals surface area contributed by atoms with Crippen molar-refractivity contribution in [2.45, 2.75) is 17.4 Å². The lowest BCUT2D eigenvalue weighted by atomic mass is 10.2. The molecular weight excluding hydrogens is 392 g/mol. The first-order chi connectivity index (χ1) is 14.0. The van der Waals surface area contributed by atoms with Gasteiger partial charge in [0.15, 0.2) is 0 Å². The summed E-state index contributed by atoms with van der Waals surface area (Å²) >= 11 is 1.15. The first-order valence-corrected chi connectivity index (χ1v) is 9.45. The highest BCUT2D eigenvalue weighted by atomic mass is 32.2. The van der Waals surface area contributed by atoms with Gasteiger partial charge in [0, 0.05) is 11.8 Å². The van der Waals surface area contributed by atoms with E-state index >= 15 is 0 Å². The molecule has 0 aliphatic carbocycles. The molecule has 1 aromatic heterocycles. The second kappa shape index (κ2) is 9.12. The fourth-order valence-corrected chi connectivity index (χ4v) is 3.10. The number of anilines is 1. The molecule has 0 fully saturated rings. The van der Waals surface area contributed by atoms with Gasteiger partial charge in [0.2, 0.25) is 5.91 Å². The Morgan fingerprint density at radius 2 is 1.93 bits per heavy atom. The van der Waals surface area contributed by atoms with Gasteiger partial charge in [-0.25, -0.2) is 0 Å². The van der Waals surface area contributed by atoms with Crippen molar-refractivity contribution in [1.29, 1.82) is 5.26 Å². The van der Waals surface area contributed by atoms with Crippen molar-refractivity contribution >= 4 is 23.4 Å². The molecule has 2 aromatic carbocycles. The fraction of sp³-hybridized carbons (Fsp3) is 0.200. The van der Waals surface area contributed by atoms with Crippen molar-refractivity contribution in [2.24, 2.45) is 0 Å². The van der Waals surface area contributed by atoms with Crippen molar-refractivity contribution in [2.75, 3.05) is 19.5 Å². The van der Waals surface area contributed by atoms with Crippen LogP contribution in [0, 0.1) is 11.3 Å². The van der Waals surface area contributed by atoms with E-state index in [-0.39, 0.29) is 17.0 Å². The molecule has 148 valence electrons. The van der Waals surface area contributed by atoms with Crippen LogP contribution >= 0.6 is 11.8 Å². The van der Waals surface area contributed by atoms with Crippen LogP contribution in [0.25, 0.3) is 11.5 Å². The van der Waals surface area contributed by atoms with Crippen molar-refractivity contribution in [3.8, 4) is 29.0 Å². The van der Waals surface area contributed by atoms with E-state index in [4.69, 9.17) is 19.2 Å². The highest BCUT2D eigenvalue weighted by molar-refractivity contribution is 8.00. The first kappa shape index (κ1) is 20.2. The van der Waals surface area contributed by atoms with Crippen molar-refractivity contribution in [3.63, 3.8) is 0 Å². The molecule has 0 spiro atoms. The third-order valence-electron chi connectivity index (χ3n) is 3.97. The maximum atomic E-state index is 12.4. The minimum absolute atomic E-state index is 0.221. The van der Waals surface area contributed by atoms with Gasteiger partial charge >= 0.3 is 0 Å². The zero-order valence-corrected chi connectivity index (χ0v) is 16.8. The molecule has 3 rings (SSSR count). The molecule has 0 aliphatic rings. The van der Waals surface area contributed by atoms with E-state index in [2.05, 4.69) is 15.5 Å². The molecule has 0 saturated heterocycles. The van der Waals surface area contributed by atoms with E-state index in [1.165, 1.54) is 0 Å². The Hall–Kier alpha value is -3.51. The summed E-state index contributed by atoms with van der Waals surface area (Å²) in [4.78, 5) is 12.4. The van der Waals surface area contributed by atoms with Gasteiger partial charge in [0.05, 0.1) is 36.7 Å². The van der Waals surface area contributed by atoms with Crippen LogP contribution < -0.4 is 14.8 Å². The normalized spacial score (nSPS) is 11.4. The number of carbonyl (C=O) groups is 1. The topological polar surface area (TPSA) is 110 Å². The number of rotatable bonds is 7. The van der Waals surface area contributed by atoms with Gasteiger partial charge in [-0.15, -0.1) is 10.2 Å². The number of thioether (sulfide) groups is 1. The van der Waals surface area contributed by atoms with Crippen LogP contribution in [0.3, 0.4) is 0 Å². The van der Waals surface area contributed by atoms with Crippen LogP contribution in [0.5, 0.6) is 11.5 Å². The summed E-state index contributed by atoms with van der Waals surface area (Å²) in [7, 11) is 3.11. The average Bonchev–Trinajstić information content (AvgIpc) is 3.21. The Balaban J connectivity index is 1.67. The second-order valence-electron chi connectivity index (χ2n) is 5.88. The lowest BCUT2D eigenvalue weighted by Crippen LogP contribution is -2.22. The van der Waals surface area contributed by atoms with Crippen LogP contribution in [0.1, 0.15) is 12.5 Å². The van der Waals surface area contributed by atoms with Gasteiger partial charge in [-0.3, -0.25) is 4.79 Å². The molecule has 0 saturated carbocycles. The maximum Gasteiger partial charge on any atom is 0.277 e. The molecule has 8 nitrogen and oxygen atoms in total. The van der Waals surface area contributed by atoms with E-state index in [0.717, 1.165) is 11.8 Å². The molecule has 0 radical (unpaired) electrons. The quantitative estimate of drug-likeness (QED) is 0.587. The Bertz CT molecular complexity index is 1040. The number of aromatic nitrogens is 2. The largest absolute Gasteiger partial charge is 0.497 e. The number of carbonyl (C=O) groups excluding carboxylic acids is 1. The smallest absolute Gasteiger partial charge is 0.277 e. The minimum atomic E-state index is -0.475. The van der Waals surface area contributed by atoms with Gasteiger partial charge in [0.1, 0.15) is 11.5 Å². The first-order valence-electron chi connectivity index (χ1n) is 8.57. The molecule has 1 heterocycles. The van der Waals surface area contributed by atoms with Crippen LogP contribution in [-0.4, -0.2) is 35.6 Å². The summed E-state index contributed by atoms with van der Waals surface area (Å²) in [5, 5.41) is 19.5. The lowest BCUT2D eigenvalue weighted by Gasteiger charge is -2.10. The summed E-state index contributed by atoms with van der Waals surface area (Å²) in [5.41, 5.74) is 1.76. The van der Waals surface area contributed by atoms with E-state index in [0.29, 0.717) is 28.3 Å². The highest BCUT2D eigenvalue weighted by Gasteiger charge is 2.20. The number of hydrogen-bond donors (Lipinski definition) is 1. The Kier molecular flexibility index (Phi) is 6.36. The van der Waals surface area contributed by atoms with Crippen molar-refractivity contribution in [1.82, 2.24) is 10.2 Å². The summed E-state index contributed by atoms with van der Waals surface area (Å²) in [6.07, 6.45) is 0. The molecule has 0 bridgehead atoms. The predicted molar refractivity (Wildman–Crippen MR) is 108 cm³/mol. The zero-order chi connectivity index (χ0) is 20.8. The van der Waals surface area contributed by atoms with Gasteiger partial charge in [-0.2, -0.15) is 5.26 Å². The third kappa shape index (κ3) is 4.86. The zero-order valence-electron chi connectivity index (χ0n) is 16.0. The van der Waals surface area contributed by atoms with Crippen LogP contribution in [0.4, 0.5) is 5.69 Å². The summed E-state index contributed by atoms with van der Waals surface area (Å²) < 4.78 is 16.2. The van der Waals surface area contributed by atoms with Crippen molar-refractivity contribution in [3.05, 3.63) is 48.0 Å². The van der Waals surface area contributed by atoms with E-state index in [1.807, 2.05) is 6.07 Å². The van der Waals surface area contributed by atoms with Crippen molar-refractivity contribution < 1.29 is 18.7 Å². The van der Waals surface area contributed by atoms with E-state index < -0.39 is 5.25 Å². The Morgan fingerprint density at radius 1 is 1.17 bits per heavy atom. The highest BCUT2D eigenvalue weighted by Crippen LogP contribution is 2.34. The number of nitrogens with zero attached hydrogens (tertiary/aromatic N) is 3. The number of methoxy groups -OCH3 is 2. The van der Waals surface area contributed by atoms with Gasteiger partial charge < -0.3 is 19.2 Å². The Labute approximate surface area is 171 Å². The molecule has 1 atom stereocenters. The number of ether oxygens (including phenoxy) is 2. The van der Waals surface area contributed by atoms with E-state index in [1.54, 1.807) is 63.6 Å². The number of nitriles is 1. The SMILES string of the molecule is COc1ccc(-c2nnc(S[C@@H](C)C(=O)Nc3ccc(C#N)cc3)o2)c(OC)c1. The van der Waals surface area contributed by atoms with Crippen LogP contribution in [0.15, 0.2) is 52.1 Å². The third-order valence-corrected chi connectivity index (χ3v) is 4.91. The standard InChI is InChI=1S/C20H18N4O4S/c1-12(18(25)22-14-6-4-13(11-21)5-7-14)29-20-24-23-19(28-20)16-9-8-15(26-2)10-17(16)27-3/h4-10,12H,1-3H3,(H,22,25)/t12-/m0/s1. The summed E-state index contributed by atoms with van der Waals surface area (Å²) in [6.45, 7) is 1.74. The molecule has 1 amide bonds. The summed E-state index contributed by atoms with van der Waals surface area (Å²) in [6, 6.07) is 13.9. The monoisotopic (exact) mass is 410 g/mol. The predicted octanol–water partition coefficient (Wildman–Crippen LogP) is 3.74. The molecule has 3 aromatic rings. The molecule has 1 N–H and O–H groups in total. The van der Waals surface area contributed by atoms with Crippen LogP contribution in [0.2, 0.25) is 0 Å². The number of hydrogen-bond acceptors (Lipinski definition) is 8. The molecule has 29 heavy (non-hydrogen) atoms. The van der Waals surface area contributed by atoms with Gasteiger partial charge in [-0.05, 0) is 43.3 Å². The van der Waals surface area contributed by atoms with E-state index in [9.17, 15) is 4.79 Å².